The normalized spacial score (nSPS) is 12.2. The van der Waals surface area contributed by atoms with Crippen molar-refractivity contribution < 1.29 is 4.79 Å². The molecule has 0 radical (unpaired) electrons. The number of carbonyl (C=O) groups excluding carboxylic acids is 1. The molecule has 0 aliphatic rings. The maximum absolute atomic E-state index is 12.0. The molecule has 6 nitrogen and oxygen atoms in total. The Morgan fingerprint density at radius 2 is 2.10 bits per heavy atom. The summed E-state index contributed by atoms with van der Waals surface area (Å²) in [6.07, 6.45) is 0. The van der Waals surface area contributed by atoms with E-state index >= 15 is 0 Å². The summed E-state index contributed by atoms with van der Waals surface area (Å²) >= 11 is 1.34. The molecule has 0 bridgehead atoms. The number of benzene rings is 1. The number of carbonyl (C=O) groups is 1. The Morgan fingerprint density at radius 3 is 2.70 bits per heavy atom. The van der Waals surface area contributed by atoms with Crippen LogP contribution in [0.3, 0.4) is 0 Å². The number of aryl methyl sites for hydroxylation is 2. The topological polar surface area (TPSA) is 72.7 Å². The molecule has 7 heteroatoms. The van der Waals surface area contributed by atoms with E-state index in [1.54, 1.807) is 11.7 Å². The second-order valence-corrected chi connectivity index (χ2v) is 5.86. The number of rotatable bonds is 5. The van der Waals surface area contributed by atoms with Crippen LogP contribution < -0.4 is 5.32 Å². The molecule has 0 spiro atoms. The van der Waals surface area contributed by atoms with Crippen LogP contribution in [0.2, 0.25) is 0 Å². The highest BCUT2D eigenvalue weighted by Gasteiger charge is 2.17. The van der Waals surface area contributed by atoms with Gasteiger partial charge in [-0.2, -0.15) is 0 Å². The molecule has 1 heterocycles. The van der Waals surface area contributed by atoms with Gasteiger partial charge in [-0.15, -0.1) is 5.10 Å². The Balaban J connectivity index is 1.85. The van der Waals surface area contributed by atoms with Crippen LogP contribution in [0.1, 0.15) is 18.1 Å². The van der Waals surface area contributed by atoms with Crippen molar-refractivity contribution in [3.63, 3.8) is 0 Å². The van der Waals surface area contributed by atoms with E-state index in [1.165, 1.54) is 17.3 Å². The van der Waals surface area contributed by atoms with Crippen molar-refractivity contribution >= 4 is 17.7 Å². The fourth-order valence-electron chi connectivity index (χ4n) is 1.57. The van der Waals surface area contributed by atoms with Gasteiger partial charge in [0.25, 0.3) is 0 Å². The van der Waals surface area contributed by atoms with Crippen molar-refractivity contribution in [2.75, 3.05) is 0 Å². The van der Waals surface area contributed by atoms with Gasteiger partial charge in [0, 0.05) is 13.6 Å². The SMILES string of the molecule is Cc1ccc(CNC(=O)C(C)Sc2nnnn2C)cc1. The Morgan fingerprint density at radius 1 is 1.40 bits per heavy atom. The predicted octanol–water partition coefficient (Wildman–Crippen LogP) is 1.32. The Bertz CT molecular complexity index is 581. The maximum atomic E-state index is 12.0. The molecule has 1 aromatic heterocycles. The molecule has 0 saturated heterocycles. The Labute approximate surface area is 121 Å². The van der Waals surface area contributed by atoms with E-state index in [1.807, 2.05) is 38.1 Å². The third-order valence-corrected chi connectivity index (χ3v) is 3.94. The number of aromatic nitrogens is 4. The number of nitrogens with one attached hydrogen (secondary N) is 1. The van der Waals surface area contributed by atoms with Crippen LogP contribution in [0.4, 0.5) is 0 Å². The number of hydrogen-bond donors (Lipinski definition) is 1. The molecule has 0 aliphatic carbocycles. The number of thioether (sulfide) groups is 1. The van der Waals surface area contributed by atoms with Gasteiger partial charge in [-0.25, -0.2) is 4.68 Å². The van der Waals surface area contributed by atoms with E-state index in [-0.39, 0.29) is 11.2 Å². The monoisotopic (exact) mass is 291 g/mol. The van der Waals surface area contributed by atoms with Crippen LogP contribution in [-0.4, -0.2) is 31.4 Å². The highest BCUT2D eigenvalue weighted by molar-refractivity contribution is 8.00. The number of nitrogens with zero attached hydrogens (tertiary/aromatic N) is 4. The van der Waals surface area contributed by atoms with Crippen molar-refractivity contribution in [2.45, 2.75) is 30.8 Å². The molecular formula is C13H17N5OS. The molecular weight excluding hydrogens is 274 g/mol. The molecule has 1 amide bonds. The third kappa shape index (κ3) is 3.80. The fraction of sp³-hybridized carbons (Fsp3) is 0.385. The van der Waals surface area contributed by atoms with Gasteiger partial charge in [-0.1, -0.05) is 41.6 Å². The summed E-state index contributed by atoms with van der Waals surface area (Å²) in [6.45, 7) is 4.40. The van der Waals surface area contributed by atoms with Crippen LogP contribution in [0.15, 0.2) is 29.4 Å². The lowest BCUT2D eigenvalue weighted by Crippen LogP contribution is -2.30. The average molecular weight is 291 g/mol. The predicted molar refractivity (Wildman–Crippen MR) is 77.1 cm³/mol. The van der Waals surface area contributed by atoms with Crippen molar-refractivity contribution in [1.29, 1.82) is 0 Å². The number of tetrazole rings is 1. The van der Waals surface area contributed by atoms with E-state index in [2.05, 4.69) is 20.8 Å². The molecule has 1 atom stereocenters. The molecule has 0 fully saturated rings. The first kappa shape index (κ1) is 14.5. The zero-order valence-electron chi connectivity index (χ0n) is 11.7. The van der Waals surface area contributed by atoms with Crippen molar-refractivity contribution in [3.05, 3.63) is 35.4 Å². The zero-order chi connectivity index (χ0) is 14.5. The molecule has 0 saturated carbocycles. The van der Waals surface area contributed by atoms with E-state index < -0.39 is 0 Å². The number of hydrogen-bond acceptors (Lipinski definition) is 5. The van der Waals surface area contributed by atoms with Gasteiger partial charge >= 0.3 is 0 Å². The van der Waals surface area contributed by atoms with Gasteiger partial charge in [0.2, 0.25) is 11.1 Å². The molecule has 2 rings (SSSR count). The molecule has 1 N–H and O–H groups in total. The van der Waals surface area contributed by atoms with E-state index in [0.29, 0.717) is 11.7 Å². The summed E-state index contributed by atoms with van der Waals surface area (Å²) in [5, 5.41) is 14.4. The van der Waals surface area contributed by atoms with Crippen LogP contribution in [0.5, 0.6) is 0 Å². The quantitative estimate of drug-likeness (QED) is 0.841. The Kier molecular flexibility index (Phi) is 4.73. The molecule has 2 aromatic rings. The second-order valence-electron chi connectivity index (χ2n) is 4.55. The largest absolute Gasteiger partial charge is 0.351 e. The first-order valence-corrected chi connectivity index (χ1v) is 7.16. The molecule has 20 heavy (non-hydrogen) atoms. The van der Waals surface area contributed by atoms with Gasteiger partial charge in [0.1, 0.15) is 0 Å². The van der Waals surface area contributed by atoms with Gasteiger partial charge in [-0.05, 0) is 29.8 Å². The van der Waals surface area contributed by atoms with Gasteiger partial charge in [0.15, 0.2) is 0 Å². The van der Waals surface area contributed by atoms with Crippen LogP contribution in [-0.2, 0) is 18.4 Å². The summed E-state index contributed by atoms with van der Waals surface area (Å²) < 4.78 is 1.55. The van der Waals surface area contributed by atoms with Crippen molar-refractivity contribution in [3.8, 4) is 0 Å². The lowest BCUT2D eigenvalue weighted by molar-refractivity contribution is -0.120. The minimum atomic E-state index is -0.245. The van der Waals surface area contributed by atoms with Gasteiger partial charge in [-0.3, -0.25) is 4.79 Å². The Hall–Kier alpha value is -1.89. The second kappa shape index (κ2) is 6.51. The van der Waals surface area contributed by atoms with E-state index in [9.17, 15) is 4.79 Å². The fourth-order valence-corrected chi connectivity index (χ4v) is 2.35. The first-order chi connectivity index (χ1) is 9.56. The van der Waals surface area contributed by atoms with E-state index in [0.717, 1.165) is 5.56 Å². The van der Waals surface area contributed by atoms with E-state index in [4.69, 9.17) is 0 Å². The highest BCUT2D eigenvalue weighted by atomic mass is 32.2. The van der Waals surface area contributed by atoms with Crippen LogP contribution in [0, 0.1) is 6.92 Å². The molecule has 0 aliphatic heterocycles. The standard InChI is InChI=1S/C13H17N5OS/c1-9-4-6-11(7-5-9)8-14-12(19)10(2)20-13-15-16-17-18(13)3/h4-7,10H,8H2,1-3H3,(H,14,19). The van der Waals surface area contributed by atoms with Gasteiger partial charge < -0.3 is 5.32 Å². The maximum Gasteiger partial charge on any atom is 0.233 e. The smallest absolute Gasteiger partial charge is 0.233 e. The third-order valence-electron chi connectivity index (χ3n) is 2.82. The van der Waals surface area contributed by atoms with Crippen molar-refractivity contribution in [1.82, 2.24) is 25.5 Å². The van der Waals surface area contributed by atoms with Crippen molar-refractivity contribution in [2.24, 2.45) is 7.05 Å². The summed E-state index contributed by atoms with van der Waals surface area (Å²) in [5.41, 5.74) is 2.29. The van der Waals surface area contributed by atoms with Crippen LogP contribution >= 0.6 is 11.8 Å². The summed E-state index contributed by atoms with van der Waals surface area (Å²) in [4.78, 5) is 12.0. The lowest BCUT2D eigenvalue weighted by Gasteiger charge is -2.11. The molecule has 1 unspecified atom stereocenters. The molecule has 106 valence electrons. The highest BCUT2D eigenvalue weighted by Crippen LogP contribution is 2.19. The minimum Gasteiger partial charge on any atom is -0.351 e. The first-order valence-electron chi connectivity index (χ1n) is 6.28. The average Bonchev–Trinajstić information content (AvgIpc) is 2.83. The number of amides is 1. The summed E-state index contributed by atoms with van der Waals surface area (Å²) in [7, 11) is 1.75. The minimum absolute atomic E-state index is 0.0291. The molecule has 1 aromatic carbocycles. The summed E-state index contributed by atoms with van der Waals surface area (Å²) in [5.74, 6) is -0.0291. The van der Waals surface area contributed by atoms with Gasteiger partial charge in [0.05, 0.1) is 5.25 Å². The lowest BCUT2D eigenvalue weighted by atomic mass is 10.1. The van der Waals surface area contributed by atoms with Crippen LogP contribution in [0.25, 0.3) is 0 Å². The summed E-state index contributed by atoms with van der Waals surface area (Å²) in [6, 6.07) is 8.09. The zero-order valence-corrected chi connectivity index (χ0v) is 12.5.